The van der Waals surface area contributed by atoms with Crippen molar-refractivity contribution < 1.29 is 14.3 Å². The molecule has 0 bridgehead atoms. The highest BCUT2D eigenvalue weighted by Crippen LogP contribution is 2.40. The van der Waals surface area contributed by atoms with Crippen LogP contribution in [0, 0.1) is 0 Å². The molecule has 2 atom stereocenters. The zero-order valence-corrected chi connectivity index (χ0v) is 21.2. The van der Waals surface area contributed by atoms with E-state index < -0.39 is 0 Å². The Kier molecular flexibility index (Phi) is 7.60. The van der Waals surface area contributed by atoms with Crippen molar-refractivity contribution in [1.29, 1.82) is 0 Å². The van der Waals surface area contributed by atoms with Gasteiger partial charge in [-0.2, -0.15) is 0 Å². The molecule has 2 aromatic heterocycles. The highest BCUT2D eigenvalue weighted by Gasteiger charge is 2.41. The van der Waals surface area contributed by atoms with E-state index in [1.807, 2.05) is 54.9 Å². The second-order valence-corrected chi connectivity index (χ2v) is 9.33. The number of morpholine rings is 1. The third-order valence-corrected chi connectivity index (χ3v) is 7.18. The highest BCUT2D eigenvalue weighted by molar-refractivity contribution is 7.80. The van der Waals surface area contributed by atoms with Gasteiger partial charge in [-0.15, -0.1) is 0 Å². The molecule has 2 aliphatic rings. The summed E-state index contributed by atoms with van der Waals surface area (Å²) in [4.78, 5) is 21.9. The predicted molar refractivity (Wildman–Crippen MR) is 141 cm³/mol. The van der Waals surface area contributed by atoms with Crippen molar-refractivity contribution in [2.24, 2.45) is 0 Å². The summed E-state index contributed by atoms with van der Waals surface area (Å²) in [5.41, 5.74) is 3.24. The molecule has 36 heavy (non-hydrogen) atoms. The molecule has 8 nitrogen and oxygen atoms in total. The van der Waals surface area contributed by atoms with Gasteiger partial charge < -0.3 is 24.3 Å². The highest BCUT2D eigenvalue weighted by atomic mass is 32.1. The van der Waals surface area contributed by atoms with Crippen LogP contribution in [-0.2, 0) is 9.47 Å². The topological polar surface area (TPSA) is 71.9 Å². The normalized spacial score (nSPS) is 20.4. The van der Waals surface area contributed by atoms with Gasteiger partial charge >= 0.3 is 5.97 Å². The van der Waals surface area contributed by atoms with Crippen LogP contribution < -0.4 is 5.32 Å². The van der Waals surface area contributed by atoms with Gasteiger partial charge in [-0.05, 0) is 55.0 Å². The molecule has 0 spiro atoms. The van der Waals surface area contributed by atoms with E-state index in [1.165, 1.54) is 7.11 Å². The van der Waals surface area contributed by atoms with Crippen molar-refractivity contribution in [3.8, 4) is 5.69 Å². The molecule has 5 rings (SSSR count). The fraction of sp³-hybridized carbons (Fsp3) is 0.370. The summed E-state index contributed by atoms with van der Waals surface area (Å²) < 4.78 is 12.6. The fourth-order valence-corrected chi connectivity index (χ4v) is 5.41. The summed E-state index contributed by atoms with van der Waals surface area (Å²) >= 11 is 5.85. The first-order valence-corrected chi connectivity index (χ1v) is 12.7. The minimum Gasteiger partial charge on any atom is -0.465 e. The van der Waals surface area contributed by atoms with Crippen LogP contribution in [0.4, 0.5) is 0 Å². The first-order valence-electron chi connectivity index (χ1n) is 12.3. The van der Waals surface area contributed by atoms with Crippen LogP contribution in [0.5, 0.6) is 0 Å². The molecule has 3 aromatic rings. The molecule has 1 N–H and O–H groups in total. The SMILES string of the molecule is COC(=O)c1ccccc1-n1cccc1[C@H]1[C@H](c2ccccn2)NC(=S)N1CCCN1CCOCC1. The Labute approximate surface area is 216 Å². The summed E-state index contributed by atoms with van der Waals surface area (Å²) in [6.07, 6.45) is 4.77. The molecule has 2 fully saturated rings. The van der Waals surface area contributed by atoms with Gasteiger partial charge in [0.15, 0.2) is 5.11 Å². The number of nitrogens with zero attached hydrogens (tertiary/aromatic N) is 4. The van der Waals surface area contributed by atoms with Crippen LogP contribution in [0.1, 0.15) is 40.3 Å². The van der Waals surface area contributed by atoms with Gasteiger partial charge in [0, 0.05) is 44.3 Å². The molecule has 0 aliphatic carbocycles. The van der Waals surface area contributed by atoms with E-state index >= 15 is 0 Å². The first-order chi connectivity index (χ1) is 17.7. The molecule has 2 aliphatic heterocycles. The number of hydrogen-bond acceptors (Lipinski definition) is 6. The third kappa shape index (κ3) is 5.00. The maximum atomic E-state index is 12.6. The van der Waals surface area contributed by atoms with Gasteiger partial charge in [0.2, 0.25) is 0 Å². The molecule has 188 valence electrons. The van der Waals surface area contributed by atoms with Crippen molar-refractivity contribution >= 4 is 23.3 Å². The van der Waals surface area contributed by atoms with Gasteiger partial charge in [0.25, 0.3) is 0 Å². The van der Waals surface area contributed by atoms with Gasteiger partial charge in [0.1, 0.15) is 0 Å². The van der Waals surface area contributed by atoms with E-state index in [0.29, 0.717) is 10.7 Å². The number of nitrogens with one attached hydrogen (secondary N) is 1. The van der Waals surface area contributed by atoms with E-state index in [1.54, 1.807) is 6.07 Å². The molecule has 0 amide bonds. The minimum atomic E-state index is -0.367. The van der Waals surface area contributed by atoms with Crippen molar-refractivity contribution in [2.75, 3.05) is 46.5 Å². The van der Waals surface area contributed by atoms with Crippen LogP contribution in [-0.4, -0.2) is 76.9 Å². The second kappa shape index (κ2) is 11.2. The average Bonchev–Trinajstić information content (AvgIpc) is 3.53. The number of thiocarbonyl (C=S) groups is 1. The standard InChI is InChI=1S/C27H31N5O3S/c1-34-26(33)20-8-2-3-10-22(20)31-14-6-11-23(31)25-24(21-9-4-5-12-28-21)29-27(36)32(25)15-7-13-30-16-18-35-19-17-30/h2-6,8-12,14,24-25H,7,13,15-19H2,1H3,(H,29,36)/t24-,25-/m0/s1. The summed E-state index contributed by atoms with van der Waals surface area (Å²) in [6, 6.07) is 17.3. The van der Waals surface area contributed by atoms with Crippen LogP contribution in [0.3, 0.4) is 0 Å². The molecule has 2 saturated heterocycles. The van der Waals surface area contributed by atoms with E-state index in [-0.39, 0.29) is 18.1 Å². The van der Waals surface area contributed by atoms with Crippen molar-refractivity contribution in [3.05, 3.63) is 83.9 Å². The van der Waals surface area contributed by atoms with Gasteiger partial charge in [0.05, 0.1) is 49.4 Å². The lowest BCUT2D eigenvalue weighted by atomic mass is 10.0. The zero-order chi connectivity index (χ0) is 24.9. The first kappa shape index (κ1) is 24.4. The molecule has 9 heteroatoms. The Morgan fingerprint density at radius 3 is 2.69 bits per heavy atom. The van der Waals surface area contributed by atoms with Crippen LogP contribution in [0.15, 0.2) is 67.0 Å². The number of rotatable bonds is 8. The molecule has 4 heterocycles. The Morgan fingerprint density at radius 2 is 1.92 bits per heavy atom. The average molecular weight is 506 g/mol. The number of benzene rings is 1. The summed E-state index contributed by atoms with van der Waals surface area (Å²) in [6.45, 7) is 5.32. The number of hydrogen-bond donors (Lipinski definition) is 1. The Balaban J connectivity index is 1.49. The lowest BCUT2D eigenvalue weighted by molar-refractivity contribution is 0.0365. The van der Waals surface area contributed by atoms with E-state index in [2.05, 4.69) is 30.7 Å². The van der Waals surface area contributed by atoms with Crippen molar-refractivity contribution in [2.45, 2.75) is 18.5 Å². The van der Waals surface area contributed by atoms with Crippen molar-refractivity contribution in [1.82, 2.24) is 24.7 Å². The number of esters is 1. The molecule has 1 aromatic carbocycles. The van der Waals surface area contributed by atoms with E-state index in [4.69, 9.17) is 21.7 Å². The second-order valence-electron chi connectivity index (χ2n) is 8.94. The lowest BCUT2D eigenvalue weighted by Gasteiger charge is -2.31. The van der Waals surface area contributed by atoms with E-state index in [0.717, 1.165) is 62.9 Å². The number of para-hydroxylation sites is 1. The summed E-state index contributed by atoms with van der Waals surface area (Å²) in [7, 11) is 1.41. The maximum absolute atomic E-state index is 12.6. The quantitative estimate of drug-likeness (QED) is 0.369. The third-order valence-electron chi connectivity index (χ3n) is 6.83. The molecular formula is C27H31N5O3S. The molecule has 0 radical (unpaired) electrons. The number of carbonyl (C=O) groups is 1. The van der Waals surface area contributed by atoms with Gasteiger partial charge in [-0.1, -0.05) is 18.2 Å². The fourth-order valence-electron chi connectivity index (χ4n) is 5.08. The summed E-state index contributed by atoms with van der Waals surface area (Å²) in [5, 5.41) is 4.25. The predicted octanol–water partition coefficient (Wildman–Crippen LogP) is 3.35. The number of methoxy groups -OCH3 is 1. The number of pyridine rings is 1. The van der Waals surface area contributed by atoms with Crippen LogP contribution in [0.2, 0.25) is 0 Å². The molecule has 0 unspecified atom stereocenters. The monoisotopic (exact) mass is 505 g/mol. The Hall–Kier alpha value is -3.27. The molecule has 0 saturated carbocycles. The largest absolute Gasteiger partial charge is 0.465 e. The number of ether oxygens (including phenoxy) is 2. The van der Waals surface area contributed by atoms with Crippen LogP contribution in [0.25, 0.3) is 5.69 Å². The molecular weight excluding hydrogens is 474 g/mol. The van der Waals surface area contributed by atoms with Crippen LogP contribution >= 0.6 is 12.2 Å². The number of aromatic nitrogens is 2. The zero-order valence-electron chi connectivity index (χ0n) is 20.4. The smallest absolute Gasteiger partial charge is 0.339 e. The van der Waals surface area contributed by atoms with Crippen molar-refractivity contribution in [3.63, 3.8) is 0 Å². The Morgan fingerprint density at radius 1 is 1.11 bits per heavy atom. The minimum absolute atomic E-state index is 0.0993. The van der Waals surface area contributed by atoms with Gasteiger partial charge in [-0.25, -0.2) is 4.79 Å². The Bertz CT molecular complexity index is 1190. The lowest BCUT2D eigenvalue weighted by Crippen LogP contribution is -2.39. The van der Waals surface area contributed by atoms with Gasteiger partial charge in [-0.3, -0.25) is 9.88 Å². The van der Waals surface area contributed by atoms with E-state index in [9.17, 15) is 4.79 Å². The maximum Gasteiger partial charge on any atom is 0.339 e. The number of carbonyl (C=O) groups excluding carboxylic acids is 1. The summed E-state index contributed by atoms with van der Waals surface area (Å²) in [5.74, 6) is -0.367.